The third-order valence-electron chi connectivity index (χ3n) is 4.36. The van der Waals surface area contributed by atoms with Gasteiger partial charge in [0.15, 0.2) is 0 Å². The number of hydrogen-bond acceptors (Lipinski definition) is 2. The number of nitrogens with two attached hydrogens (primary N) is 1. The predicted molar refractivity (Wildman–Crippen MR) is 92.4 cm³/mol. The third-order valence-corrected chi connectivity index (χ3v) is 4.70. The fourth-order valence-corrected chi connectivity index (χ4v) is 3.37. The quantitative estimate of drug-likeness (QED) is 0.896. The molecule has 0 unspecified atom stereocenters. The van der Waals surface area contributed by atoms with Crippen molar-refractivity contribution in [1.82, 2.24) is 0 Å². The van der Waals surface area contributed by atoms with Gasteiger partial charge in [0.2, 0.25) is 0 Å². The number of rotatable bonds is 3. The normalized spacial score (nSPS) is 21.3. The Morgan fingerprint density at radius 3 is 2.45 bits per heavy atom. The zero-order chi connectivity index (χ0) is 15.5. The Hall–Kier alpha value is -1.77. The number of halogens is 1. The molecule has 2 nitrogen and oxygen atoms in total. The van der Waals surface area contributed by atoms with Gasteiger partial charge in [-0.3, -0.25) is 0 Å². The van der Waals surface area contributed by atoms with Gasteiger partial charge in [-0.2, -0.15) is 0 Å². The first-order chi connectivity index (χ1) is 10.7. The van der Waals surface area contributed by atoms with E-state index < -0.39 is 0 Å². The lowest BCUT2D eigenvalue weighted by atomic mass is 9.79. The second kappa shape index (κ2) is 6.55. The second-order valence-electron chi connectivity index (χ2n) is 5.69. The fourth-order valence-electron chi connectivity index (χ4n) is 3.10. The smallest absolute Gasteiger partial charge is 0.118 e. The van der Waals surface area contributed by atoms with Crippen LogP contribution in [0.25, 0.3) is 5.57 Å². The number of hydrogen-bond donors (Lipinski definition) is 1. The van der Waals surface area contributed by atoms with Crippen molar-refractivity contribution in [3.63, 3.8) is 0 Å². The molecule has 3 rings (SSSR count). The molecule has 3 heteroatoms. The molecule has 0 bridgehead atoms. The van der Waals surface area contributed by atoms with Crippen LogP contribution in [0, 0.1) is 0 Å². The summed E-state index contributed by atoms with van der Waals surface area (Å²) in [5.74, 6) is 1.16. The Morgan fingerprint density at radius 2 is 1.82 bits per heavy atom. The molecule has 0 radical (unpaired) electrons. The van der Waals surface area contributed by atoms with Gasteiger partial charge in [0.05, 0.1) is 7.11 Å². The number of allylic oxidation sites excluding steroid dienone is 1. The third kappa shape index (κ3) is 3.03. The SMILES string of the molecule is COc1ccc(C2=CC[C@H](c3ccccc3Cl)[C@@H](N)C2)cc1. The van der Waals surface area contributed by atoms with E-state index in [0.717, 1.165) is 29.2 Å². The molecule has 1 aliphatic rings. The fraction of sp³-hybridized carbons (Fsp3) is 0.263. The first-order valence-corrected chi connectivity index (χ1v) is 7.90. The van der Waals surface area contributed by atoms with Gasteiger partial charge in [-0.05, 0) is 47.7 Å². The van der Waals surface area contributed by atoms with Crippen LogP contribution in [-0.4, -0.2) is 13.2 Å². The van der Waals surface area contributed by atoms with Gasteiger partial charge in [-0.25, -0.2) is 0 Å². The van der Waals surface area contributed by atoms with Gasteiger partial charge in [0, 0.05) is 17.0 Å². The van der Waals surface area contributed by atoms with Crippen molar-refractivity contribution < 1.29 is 4.74 Å². The van der Waals surface area contributed by atoms with Crippen molar-refractivity contribution in [2.75, 3.05) is 7.11 Å². The lowest BCUT2D eigenvalue weighted by Gasteiger charge is -2.29. The average molecular weight is 314 g/mol. The maximum Gasteiger partial charge on any atom is 0.118 e. The molecule has 0 saturated heterocycles. The molecule has 0 amide bonds. The molecule has 2 aromatic carbocycles. The molecule has 0 saturated carbocycles. The summed E-state index contributed by atoms with van der Waals surface area (Å²) in [6.07, 6.45) is 4.08. The van der Waals surface area contributed by atoms with Crippen LogP contribution in [0.1, 0.15) is 29.9 Å². The van der Waals surface area contributed by atoms with Crippen LogP contribution in [0.15, 0.2) is 54.6 Å². The van der Waals surface area contributed by atoms with Gasteiger partial charge in [0.25, 0.3) is 0 Å². The van der Waals surface area contributed by atoms with Crippen LogP contribution in [0.5, 0.6) is 5.75 Å². The standard InChI is InChI=1S/C19H20ClNO/c1-22-15-9-6-13(7-10-15)14-8-11-17(19(21)12-14)16-4-2-3-5-18(16)20/h2-10,17,19H,11-12,21H2,1H3/t17-,19+/m1/s1. The first-order valence-electron chi connectivity index (χ1n) is 7.52. The predicted octanol–water partition coefficient (Wildman–Crippen LogP) is 4.64. The molecule has 0 spiro atoms. The van der Waals surface area contributed by atoms with E-state index in [4.69, 9.17) is 22.1 Å². The average Bonchev–Trinajstić information content (AvgIpc) is 2.56. The summed E-state index contributed by atoms with van der Waals surface area (Å²) in [4.78, 5) is 0. The van der Waals surface area contributed by atoms with Crippen molar-refractivity contribution in [3.05, 3.63) is 70.8 Å². The Bertz CT molecular complexity index is 678. The summed E-state index contributed by atoms with van der Waals surface area (Å²) in [5.41, 5.74) is 10.1. The van der Waals surface area contributed by atoms with Crippen LogP contribution >= 0.6 is 11.6 Å². The molecule has 22 heavy (non-hydrogen) atoms. The monoisotopic (exact) mass is 313 g/mol. The number of ether oxygens (including phenoxy) is 1. The maximum absolute atomic E-state index is 6.44. The van der Waals surface area contributed by atoms with Crippen molar-refractivity contribution in [1.29, 1.82) is 0 Å². The van der Waals surface area contributed by atoms with Crippen molar-refractivity contribution in [3.8, 4) is 5.75 Å². The molecular weight excluding hydrogens is 294 g/mol. The van der Waals surface area contributed by atoms with E-state index in [9.17, 15) is 0 Å². The van der Waals surface area contributed by atoms with Crippen LogP contribution in [0.2, 0.25) is 5.02 Å². The zero-order valence-electron chi connectivity index (χ0n) is 12.6. The minimum atomic E-state index is 0.0852. The Kier molecular flexibility index (Phi) is 4.51. The summed E-state index contributed by atoms with van der Waals surface area (Å²) < 4.78 is 5.21. The molecule has 114 valence electrons. The largest absolute Gasteiger partial charge is 0.497 e. The molecule has 2 atom stereocenters. The van der Waals surface area contributed by atoms with Crippen molar-refractivity contribution >= 4 is 17.2 Å². The maximum atomic E-state index is 6.44. The minimum Gasteiger partial charge on any atom is -0.497 e. The van der Waals surface area contributed by atoms with Crippen LogP contribution < -0.4 is 10.5 Å². The molecule has 0 aromatic heterocycles. The van der Waals surface area contributed by atoms with Crippen LogP contribution in [0.4, 0.5) is 0 Å². The minimum absolute atomic E-state index is 0.0852. The van der Waals surface area contributed by atoms with E-state index >= 15 is 0 Å². The van der Waals surface area contributed by atoms with E-state index in [1.807, 2.05) is 30.3 Å². The van der Waals surface area contributed by atoms with E-state index in [-0.39, 0.29) is 12.0 Å². The second-order valence-corrected chi connectivity index (χ2v) is 6.10. The van der Waals surface area contributed by atoms with Gasteiger partial charge < -0.3 is 10.5 Å². The number of benzene rings is 2. The van der Waals surface area contributed by atoms with E-state index in [1.165, 1.54) is 11.1 Å². The van der Waals surface area contributed by atoms with E-state index in [2.05, 4.69) is 24.3 Å². The molecule has 1 aliphatic carbocycles. The first kappa shape index (κ1) is 15.1. The zero-order valence-corrected chi connectivity index (χ0v) is 13.4. The van der Waals surface area contributed by atoms with Crippen molar-refractivity contribution in [2.24, 2.45) is 5.73 Å². The highest BCUT2D eigenvalue weighted by Crippen LogP contribution is 2.38. The van der Waals surface area contributed by atoms with Gasteiger partial charge in [-0.15, -0.1) is 0 Å². The molecule has 2 N–H and O–H groups in total. The van der Waals surface area contributed by atoms with E-state index in [0.29, 0.717) is 0 Å². The highest BCUT2D eigenvalue weighted by atomic mass is 35.5. The highest BCUT2D eigenvalue weighted by Gasteiger charge is 2.26. The van der Waals surface area contributed by atoms with Gasteiger partial charge in [-0.1, -0.05) is 48.0 Å². The molecule has 0 fully saturated rings. The highest BCUT2D eigenvalue weighted by molar-refractivity contribution is 6.31. The Morgan fingerprint density at radius 1 is 1.09 bits per heavy atom. The van der Waals surface area contributed by atoms with Gasteiger partial charge in [0.1, 0.15) is 5.75 Å². The number of methoxy groups -OCH3 is 1. The van der Waals surface area contributed by atoms with Crippen molar-refractivity contribution in [2.45, 2.75) is 24.8 Å². The summed E-state index contributed by atoms with van der Waals surface area (Å²) in [7, 11) is 1.68. The summed E-state index contributed by atoms with van der Waals surface area (Å²) in [6.45, 7) is 0. The molecular formula is C19H20ClNO. The van der Waals surface area contributed by atoms with Crippen LogP contribution in [0.3, 0.4) is 0 Å². The van der Waals surface area contributed by atoms with Gasteiger partial charge >= 0.3 is 0 Å². The Balaban J connectivity index is 1.82. The van der Waals surface area contributed by atoms with Crippen LogP contribution in [-0.2, 0) is 0 Å². The lowest BCUT2D eigenvalue weighted by molar-refractivity contribution is 0.414. The molecule has 2 aromatic rings. The molecule has 0 heterocycles. The lowest BCUT2D eigenvalue weighted by Crippen LogP contribution is -2.31. The Labute approximate surface area is 136 Å². The van der Waals surface area contributed by atoms with E-state index in [1.54, 1.807) is 7.11 Å². The topological polar surface area (TPSA) is 35.2 Å². The summed E-state index contributed by atoms with van der Waals surface area (Å²) in [6, 6.07) is 16.2. The summed E-state index contributed by atoms with van der Waals surface area (Å²) in [5, 5.41) is 0.809. The molecule has 0 aliphatic heterocycles. The summed E-state index contributed by atoms with van der Waals surface area (Å²) >= 11 is 6.32.